The molecule has 2 aromatic heterocycles. The second-order valence-corrected chi connectivity index (χ2v) is 8.53. The van der Waals surface area contributed by atoms with Crippen LogP contribution in [-0.4, -0.2) is 52.9 Å². The van der Waals surface area contributed by atoms with Crippen LogP contribution in [0.4, 0.5) is 13.2 Å². The molecule has 1 saturated heterocycles. The van der Waals surface area contributed by atoms with Gasteiger partial charge in [0.05, 0.1) is 13.2 Å². The summed E-state index contributed by atoms with van der Waals surface area (Å²) in [6.07, 6.45) is -3.30. The third kappa shape index (κ3) is 4.72. The summed E-state index contributed by atoms with van der Waals surface area (Å²) < 4.78 is 50.9. The molecule has 3 heterocycles. The van der Waals surface area contributed by atoms with Gasteiger partial charge in [-0.25, -0.2) is 9.97 Å². The van der Waals surface area contributed by atoms with E-state index in [1.807, 2.05) is 0 Å². The summed E-state index contributed by atoms with van der Waals surface area (Å²) in [5.41, 5.74) is 5.27. The zero-order valence-corrected chi connectivity index (χ0v) is 20.0. The largest absolute Gasteiger partial charge is 0.494 e. The minimum absolute atomic E-state index is 0.0185. The first kappa shape index (κ1) is 25.4. The van der Waals surface area contributed by atoms with Crippen molar-refractivity contribution in [3.8, 4) is 17.2 Å². The third-order valence-electron chi connectivity index (χ3n) is 6.09. The number of rotatable bonds is 7. The Labute approximate surface area is 204 Å². The molecule has 4 rings (SSSR count). The fourth-order valence-electron chi connectivity index (χ4n) is 3.88. The summed E-state index contributed by atoms with van der Waals surface area (Å²) in [5.74, 6) is -0.617. The molecule has 2 amide bonds. The molecule has 0 aliphatic carbocycles. The van der Waals surface area contributed by atoms with E-state index in [0.717, 1.165) is 12.5 Å². The number of hydrogen-bond acceptors (Lipinski definition) is 7. The van der Waals surface area contributed by atoms with Gasteiger partial charge in [0.2, 0.25) is 11.8 Å². The van der Waals surface area contributed by atoms with E-state index < -0.39 is 29.9 Å². The van der Waals surface area contributed by atoms with E-state index in [1.54, 1.807) is 24.8 Å². The van der Waals surface area contributed by atoms with Crippen molar-refractivity contribution in [1.29, 1.82) is 0 Å². The average Bonchev–Trinajstić information content (AvgIpc) is 3.26. The number of aromatic nitrogens is 2. The molecular formula is C24H26F3N5O4. The van der Waals surface area contributed by atoms with Crippen LogP contribution in [0.1, 0.15) is 54.7 Å². The summed E-state index contributed by atoms with van der Waals surface area (Å²) in [7, 11) is 1.32. The Kier molecular flexibility index (Phi) is 6.90. The SMILES string of the molecule is CC[C@H](N)c1oc(-c2ccc(OC)c3nc(C(F)(F)F)ccc23)nc1C(=O)N[C@H](C)C(=O)N1CCC1. The number of fused-ring (bicyclic) bond motifs is 1. The van der Waals surface area contributed by atoms with Crippen molar-refractivity contribution in [1.82, 2.24) is 20.2 Å². The summed E-state index contributed by atoms with van der Waals surface area (Å²) in [6, 6.07) is 3.65. The molecule has 192 valence electrons. The number of nitrogens with two attached hydrogens (primary N) is 1. The van der Waals surface area contributed by atoms with Crippen LogP contribution in [-0.2, 0) is 11.0 Å². The number of ether oxygens (including phenoxy) is 1. The molecule has 9 nitrogen and oxygen atoms in total. The summed E-state index contributed by atoms with van der Waals surface area (Å²) in [4.78, 5) is 35.2. The van der Waals surface area contributed by atoms with Gasteiger partial charge in [-0.3, -0.25) is 9.59 Å². The highest BCUT2D eigenvalue weighted by Gasteiger charge is 2.34. The molecule has 2 atom stereocenters. The van der Waals surface area contributed by atoms with Gasteiger partial charge >= 0.3 is 6.18 Å². The van der Waals surface area contributed by atoms with Crippen molar-refractivity contribution in [2.24, 2.45) is 5.73 Å². The number of carbonyl (C=O) groups excluding carboxylic acids is 2. The van der Waals surface area contributed by atoms with E-state index in [2.05, 4.69) is 15.3 Å². The van der Waals surface area contributed by atoms with Crippen molar-refractivity contribution >= 4 is 22.7 Å². The number of amides is 2. The molecule has 3 N–H and O–H groups in total. The highest BCUT2D eigenvalue weighted by atomic mass is 19.4. The van der Waals surface area contributed by atoms with Gasteiger partial charge in [0, 0.05) is 24.0 Å². The molecule has 1 aliphatic heterocycles. The summed E-state index contributed by atoms with van der Waals surface area (Å²) in [6.45, 7) is 4.68. The molecule has 3 aromatic rings. The second-order valence-electron chi connectivity index (χ2n) is 8.53. The van der Waals surface area contributed by atoms with Crippen molar-refractivity contribution in [3.63, 3.8) is 0 Å². The van der Waals surface area contributed by atoms with Gasteiger partial charge in [0.15, 0.2) is 11.5 Å². The van der Waals surface area contributed by atoms with Gasteiger partial charge in [-0.15, -0.1) is 0 Å². The Balaban J connectivity index is 1.76. The van der Waals surface area contributed by atoms with E-state index in [1.165, 1.54) is 19.2 Å². The second kappa shape index (κ2) is 9.76. The standard InChI is InChI=1S/C24H26F3N5O4/c1-4-15(28)20-19(21(33)29-12(2)23(34)32-10-5-11-32)31-22(36-20)14-6-8-16(35-3)18-13(14)7-9-17(30-18)24(25,26)27/h6-9,12,15H,4-5,10-11,28H2,1-3H3,(H,29,33)/t12-,15+/m1/s1. The van der Waals surface area contributed by atoms with Gasteiger partial charge in [-0.2, -0.15) is 13.2 Å². The highest BCUT2D eigenvalue weighted by Crippen LogP contribution is 2.37. The first-order valence-corrected chi connectivity index (χ1v) is 11.5. The molecule has 0 bridgehead atoms. The molecule has 36 heavy (non-hydrogen) atoms. The lowest BCUT2D eigenvalue weighted by atomic mass is 10.1. The zero-order valence-electron chi connectivity index (χ0n) is 20.0. The molecule has 0 saturated carbocycles. The molecule has 0 spiro atoms. The number of carbonyl (C=O) groups is 2. The Hall–Kier alpha value is -3.67. The number of benzene rings is 1. The van der Waals surface area contributed by atoms with Crippen LogP contribution in [0.25, 0.3) is 22.4 Å². The van der Waals surface area contributed by atoms with Crippen LogP contribution in [0.3, 0.4) is 0 Å². The maximum Gasteiger partial charge on any atom is 0.433 e. The van der Waals surface area contributed by atoms with Gasteiger partial charge < -0.3 is 25.1 Å². The molecular weight excluding hydrogens is 479 g/mol. The zero-order chi connectivity index (χ0) is 26.2. The number of likely N-dealkylation sites (tertiary alicyclic amines) is 1. The van der Waals surface area contributed by atoms with Crippen LogP contribution >= 0.6 is 0 Å². The van der Waals surface area contributed by atoms with E-state index in [-0.39, 0.29) is 39.9 Å². The van der Waals surface area contributed by atoms with Crippen molar-refractivity contribution in [2.45, 2.75) is 44.9 Å². The maximum absolute atomic E-state index is 13.3. The lowest BCUT2D eigenvalue weighted by molar-refractivity contribution is -0.141. The van der Waals surface area contributed by atoms with E-state index in [0.29, 0.717) is 25.1 Å². The molecule has 0 radical (unpaired) electrons. The lowest BCUT2D eigenvalue weighted by Gasteiger charge is -2.33. The van der Waals surface area contributed by atoms with E-state index >= 15 is 0 Å². The van der Waals surface area contributed by atoms with Crippen LogP contribution in [0, 0.1) is 0 Å². The maximum atomic E-state index is 13.3. The van der Waals surface area contributed by atoms with E-state index in [9.17, 15) is 22.8 Å². The fourth-order valence-corrected chi connectivity index (χ4v) is 3.88. The van der Waals surface area contributed by atoms with Crippen molar-refractivity contribution in [3.05, 3.63) is 41.4 Å². The van der Waals surface area contributed by atoms with Crippen LogP contribution in [0.15, 0.2) is 28.7 Å². The van der Waals surface area contributed by atoms with Gasteiger partial charge in [-0.05, 0) is 44.0 Å². The molecule has 1 aliphatic rings. The molecule has 12 heteroatoms. The third-order valence-corrected chi connectivity index (χ3v) is 6.09. The minimum Gasteiger partial charge on any atom is -0.494 e. The quantitative estimate of drug-likeness (QED) is 0.502. The highest BCUT2D eigenvalue weighted by molar-refractivity contribution is 5.99. The number of pyridine rings is 1. The normalized spacial score (nSPS) is 15.4. The number of hydrogen-bond donors (Lipinski definition) is 2. The molecule has 1 aromatic carbocycles. The van der Waals surface area contributed by atoms with Gasteiger partial charge in [0.1, 0.15) is 23.0 Å². The number of oxazole rings is 1. The predicted molar refractivity (Wildman–Crippen MR) is 124 cm³/mol. The number of nitrogens with zero attached hydrogens (tertiary/aromatic N) is 3. The monoisotopic (exact) mass is 505 g/mol. The minimum atomic E-state index is -4.64. The number of methoxy groups -OCH3 is 1. The Morgan fingerprint density at radius 2 is 1.94 bits per heavy atom. The van der Waals surface area contributed by atoms with Crippen molar-refractivity contribution in [2.75, 3.05) is 20.2 Å². The van der Waals surface area contributed by atoms with Gasteiger partial charge in [-0.1, -0.05) is 6.92 Å². The first-order valence-electron chi connectivity index (χ1n) is 11.5. The van der Waals surface area contributed by atoms with Crippen LogP contribution < -0.4 is 15.8 Å². The predicted octanol–water partition coefficient (Wildman–Crippen LogP) is 3.68. The fraction of sp³-hybridized carbons (Fsp3) is 0.417. The number of nitrogens with one attached hydrogen (secondary N) is 1. The van der Waals surface area contributed by atoms with Gasteiger partial charge in [0.25, 0.3) is 5.91 Å². The van der Waals surface area contributed by atoms with E-state index in [4.69, 9.17) is 14.9 Å². The smallest absolute Gasteiger partial charge is 0.433 e. The lowest BCUT2D eigenvalue weighted by Crippen LogP contribution is -2.51. The summed E-state index contributed by atoms with van der Waals surface area (Å²) in [5, 5.41) is 2.93. The molecule has 0 unspecified atom stereocenters. The topological polar surface area (TPSA) is 124 Å². The first-order chi connectivity index (χ1) is 17.0. The molecule has 1 fully saturated rings. The number of alkyl halides is 3. The van der Waals surface area contributed by atoms with Crippen LogP contribution in [0.5, 0.6) is 5.75 Å². The Morgan fingerprint density at radius 3 is 2.53 bits per heavy atom. The summed E-state index contributed by atoms with van der Waals surface area (Å²) >= 11 is 0. The number of halogens is 3. The van der Waals surface area contributed by atoms with Crippen molar-refractivity contribution < 1.29 is 31.9 Å². The van der Waals surface area contributed by atoms with Crippen LogP contribution in [0.2, 0.25) is 0 Å². The Bertz CT molecular complexity index is 1300. The Morgan fingerprint density at radius 1 is 1.22 bits per heavy atom. The average molecular weight is 505 g/mol.